The van der Waals surface area contributed by atoms with Crippen LogP contribution < -0.4 is 14.2 Å². The maximum absolute atomic E-state index is 12.3. The average Bonchev–Trinajstić information content (AvgIpc) is 2.67. The molecule has 1 amide bonds. The Kier molecular flexibility index (Phi) is 9.64. The summed E-state index contributed by atoms with van der Waals surface area (Å²) in [5.74, 6) is 0.830. The molecule has 0 saturated heterocycles. The average molecular weight is 423 g/mol. The molecule has 0 radical (unpaired) electrons. The van der Waals surface area contributed by atoms with Crippen molar-refractivity contribution in [2.24, 2.45) is 0 Å². The Labute approximate surface area is 173 Å². The Hall–Kier alpha value is -2.58. The van der Waals surface area contributed by atoms with E-state index < -0.39 is 21.5 Å². The molecule has 0 aliphatic heterocycles. The fraction of sp³-hybridized carbons (Fsp3) is 0.381. The minimum absolute atomic E-state index is 0.134. The van der Waals surface area contributed by atoms with Crippen LogP contribution in [0, 0.1) is 0 Å². The Morgan fingerprint density at radius 3 is 1.72 bits per heavy atom. The van der Waals surface area contributed by atoms with E-state index in [1.54, 1.807) is 38.4 Å². The second-order valence-corrected chi connectivity index (χ2v) is 8.50. The van der Waals surface area contributed by atoms with E-state index in [1.807, 2.05) is 43.3 Å². The number of likely N-dealkylation sites (N-methyl/N-ethyl adjacent to an activating group) is 1. The van der Waals surface area contributed by atoms with Crippen LogP contribution in [0.15, 0.2) is 60.7 Å². The number of amides is 1. The van der Waals surface area contributed by atoms with Gasteiger partial charge in [-0.25, -0.2) is 8.42 Å². The van der Waals surface area contributed by atoms with Gasteiger partial charge in [-0.1, -0.05) is 36.4 Å². The van der Waals surface area contributed by atoms with Crippen LogP contribution in [-0.2, 0) is 14.8 Å². The number of hydrogen-bond donors (Lipinski definition) is 1. The van der Waals surface area contributed by atoms with Gasteiger partial charge >= 0.3 is 0 Å². The van der Waals surface area contributed by atoms with Gasteiger partial charge in [-0.2, -0.15) is 4.72 Å². The van der Waals surface area contributed by atoms with Crippen molar-refractivity contribution in [2.75, 3.05) is 33.6 Å². The minimum atomic E-state index is -3.58. The van der Waals surface area contributed by atoms with Crippen molar-refractivity contribution in [1.29, 1.82) is 0 Å². The van der Waals surface area contributed by atoms with Crippen LogP contribution >= 0.6 is 0 Å². The molecule has 2 aromatic rings. The number of hydrogen-bond acceptors (Lipinski definition) is 5. The van der Waals surface area contributed by atoms with E-state index in [0.717, 1.165) is 6.26 Å². The van der Waals surface area contributed by atoms with Gasteiger partial charge < -0.3 is 14.4 Å². The molecular weight excluding hydrogens is 392 g/mol. The molecule has 0 aromatic heterocycles. The molecule has 1 unspecified atom stereocenters. The van der Waals surface area contributed by atoms with E-state index in [2.05, 4.69) is 4.72 Å². The monoisotopic (exact) mass is 422 g/mol. The van der Waals surface area contributed by atoms with Crippen LogP contribution in [0.1, 0.15) is 13.8 Å². The zero-order chi connectivity index (χ0) is 21.9. The third-order valence-electron chi connectivity index (χ3n) is 3.62. The van der Waals surface area contributed by atoms with Crippen LogP contribution in [0.2, 0.25) is 0 Å². The van der Waals surface area contributed by atoms with Crippen molar-refractivity contribution >= 4 is 15.9 Å². The molecule has 2 rings (SSSR count). The van der Waals surface area contributed by atoms with Crippen LogP contribution in [0.3, 0.4) is 0 Å². The first-order valence-electron chi connectivity index (χ1n) is 9.14. The second-order valence-electron chi connectivity index (χ2n) is 6.75. The van der Waals surface area contributed by atoms with Crippen LogP contribution in [0.4, 0.5) is 0 Å². The molecule has 2 aromatic carbocycles. The van der Waals surface area contributed by atoms with Crippen molar-refractivity contribution in [3.63, 3.8) is 0 Å². The second kappa shape index (κ2) is 11.4. The van der Waals surface area contributed by atoms with Gasteiger partial charge in [-0.15, -0.1) is 0 Å². The Balaban J connectivity index is 0.000000594. The van der Waals surface area contributed by atoms with Gasteiger partial charge in [0, 0.05) is 14.1 Å². The zero-order valence-electron chi connectivity index (χ0n) is 17.6. The Bertz CT molecular complexity index is 812. The third-order valence-corrected chi connectivity index (χ3v) is 4.44. The molecule has 1 atom stereocenters. The number of ether oxygens (including phenoxy) is 2. The highest BCUT2D eigenvalue weighted by Gasteiger charge is 2.38. The van der Waals surface area contributed by atoms with E-state index in [4.69, 9.17) is 9.47 Å². The molecule has 0 spiro atoms. The zero-order valence-corrected chi connectivity index (χ0v) is 18.4. The summed E-state index contributed by atoms with van der Waals surface area (Å²) < 4.78 is 36.4. The number of nitrogens with one attached hydrogen (secondary N) is 1. The maximum Gasteiger partial charge on any atom is 0.246 e. The molecule has 1 N–H and O–H groups in total. The van der Waals surface area contributed by atoms with Gasteiger partial charge in [0.05, 0.1) is 12.9 Å². The van der Waals surface area contributed by atoms with E-state index in [-0.39, 0.29) is 6.61 Å². The Morgan fingerprint density at radius 2 is 1.38 bits per heavy atom. The lowest BCUT2D eigenvalue weighted by Crippen LogP contribution is -2.59. The molecule has 0 aliphatic rings. The summed E-state index contributed by atoms with van der Waals surface area (Å²) in [5.41, 5.74) is -1.39. The highest BCUT2D eigenvalue weighted by Crippen LogP contribution is 2.19. The predicted molar refractivity (Wildman–Crippen MR) is 115 cm³/mol. The predicted octanol–water partition coefficient (Wildman–Crippen LogP) is 2.55. The normalized spacial score (nSPS) is 12.7. The third kappa shape index (κ3) is 9.45. The highest BCUT2D eigenvalue weighted by molar-refractivity contribution is 7.88. The van der Waals surface area contributed by atoms with E-state index in [1.165, 1.54) is 11.8 Å². The summed E-state index contributed by atoms with van der Waals surface area (Å²) in [6, 6.07) is 18.9. The molecular formula is C21H30N2O5S. The number of carbonyl (C=O) groups excluding carboxylic acids is 1. The molecule has 8 heteroatoms. The highest BCUT2D eigenvalue weighted by atomic mass is 32.2. The van der Waals surface area contributed by atoms with Crippen molar-refractivity contribution < 1.29 is 22.7 Å². The molecule has 0 bridgehead atoms. The molecule has 0 heterocycles. The maximum atomic E-state index is 12.3. The van der Waals surface area contributed by atoms with E-state index >= 15 is 0 Å². The summed E-state index contributed by atoms with van der Waals surface area (Å²) in [6.45, 7) is 3.81. The first-order valence-corrected chi connectivity index (χ1v) is 11.0. The first-order chi connectivity index (χ1) is 13.6. The molecule has 7 nitrogen and oxygen atoms in total. The van der Waals surface area contributed by atoms with Gasteiger partial charge in [-0.3, -0.25) is 4.79 Å². The number of rotatable bonds is 8. The van der Waals surface area contributed by atoms with Crippen molar-refractivity contribution in [1.82, 2.24) is 9.62 Å². The molecule has 0 saturated carbocycles. The van der Waals surface area contributed by atoms with Crippen LogP contribution in [-0.4, -0.2) is 58.3 Å². The van der Waals surface area contributed by atoms with Crippen molar-refractivity contribution in [2.45, 2.75) is 19.4 Å². The fourth-order valence-corrected chi connectivity index (χ4v) is 3.41. The van der Waals surface area contributed by atoms with E-state index in [9.17, 15) is 13.2 Å². The van der Waals surface area contributed by atoms with Gasteiger partial charge in [0.2, 0.25) is 15.9 Å². The minimum Gasteiger partial charge on any atom is -0.494 e. The summed E-state index contributed by atoms with van der Waals surface area (Å²) in [5, 5.41) is 0. The van der Waals surface area contributed by atoms with Gasteiger partial charge in [0.1, 0.15) is 23.6 Å². The van der Waals surface area contributed by atoms with Crippen molar-refractivity contribution in [3.05, 3.63) is 60.7 Å². The number of benzene rings is 2. The van der Waals surface area contributed by atoms with Crippen molar-refractivity contribution in [3.8, 4) is 11.5 Å². The number of sulfonamides is 1. The fourth-order valence-electron chi connectivity index (χ4n) is 2.45. The van der Waals surface area contributed by atoms with E-state index in [0.29, 0.717) is 18.1 Å². The Morgan fingerprint density at radius 1 is 0.966 bits per heavy atom. The van der Waals surface area contributed by atoms with Gasteiger partial charge in [0.15, 0.2) is 0 Å². The summed E-state index contributed by atoms with van der Waals surface area (Å²) in [7, 11) is -0.462. The number of carbonyl (C=O) groups is 1. The quantitative estimate of drug-likeness (QED) is 0.707. The lowest BCUT2D eigenvalue weighted by atomic mass is 10.0. The van der Waals surface area contributed by atoms with Crippen LogP contribution in [0.5, 0.6) is 11.5 Å². The standard InChI is InChI=1S/C15H24N2O5S.C6H6/c1-6-21-12-7-9-13(10-8-12)22-11-15(2,14(18)17(3)4)16-23(5,19)20;1-2-4-6-5-3-1/h7-10,16H,6,11H2,1-5H3;1-6H. The largest absolute Gasteiger partial charge is 0.494 e. The number of nitrogens with zero attached hydrogens (tertiary/aromatic N) is 1. The lowest BCUT2D eigenvalue weighted by Gasteiger charge is -2.31. The molecule has 0 fully saturated rings. The topological polar surface area (TPSA) is 84.9 Å². The van der Waals surface area contributed by atoms with Gasteiger partial charge in [0.25, 0.3) is 0 Å². The summed E-state index contributed by atoms with van der Waals surface area (Å²) in [6.07, 6.45) is 1.01. The smallest absolute Gasteiger partial charge is 0.246 e. The summed E-state index contributed by atoms with van der Waals surface area (Å²) >= 11 is 0. The lowest BCUT2D eigenvalue weighted by molar-refractivity contribution is -0.135. The van der Waals surface area contributed by atoms with Gasteiger partial charge in [-0.05, 0) is 38.1 Å². The van der Waals surface area contributed by atoms with Crippen LogP contribution in [0.25, 0.3) is 0 Å². The molecule has 0 aliphatic carbocycles. The molecule has 29 heavy (non-hydrogen) atoms. The summed E-state index contributed by atoms with van der Waals surface area (Å²) in [4.78, 5) is 13.6. The SMILES string of the molecule is CCOc1ccc(OCC(C)(NS(C)(=O)=O)C(=O)N(C)C)cc1.c1ccccc1. The molecule has 160 valence electrons. The first kappa shape index (κ1) is 24.5.